The van der Waals surface area contributed by atoms with Gasteiger partial charge in [-0.25, -0.2) is 0 Å². The first kappa shape index (κ1) is 22.8. The molecule has 2 unspecified atom stereocenters. The number of aliphatic imine (C=N–C) groups is 2. The maximum Gasteiger partial charge on any atom is 0.0585 e. The highest BCUT2D eigenvalue weighted by molar-refractivity contribution is 8.00. The molecule has 134 valence electrons. The van der Waals surface area contributed by atoms with Gasteiger partial charge in [0.25, 0.3) is 0 Å². The summed E-state index contributed by atoms with van der Waals surface area (Å²) in [5.74, 6) is 3.99. The summed E-state index contributed by atoms with van der Waals surface area (Å²) in [6.07, 6.45) is 7.70. The van der Waals surface area contributed by atoms with Gasteiger partial charge in [0.1, 0.15) is 0 Å². The van der Waals surface area contributed by atoms with Gasteiger partial charge >= 0.3 is 0 Å². The predicted octanol–water partition coefficient (Wildman–Crippen LogP) is 6.47. The molecule has 2 nitrogen and oxygen atoms in total. The molecule has 4 heteroatoms. The Hall–Kier alpha value is -0.220. The van der Waals surface area contributed by atoms with Crippen molar-refractivity contribution in [3.8, 4) is 0 Å². The Labute approximate surface area is 153 Å². The van der Waals surface area contributed by atoms with E-state index in [9.17, 15) is 0 Å². The van der Waals surface area contributed by atoms with Crippen LogP contribution in [-0.2, 0) is 0 Å². The summed E-state index contributed by atoms with van der Waals surface area (Å²) >= 11 is 4.08. The highest BCUT2D eigenvalue weighted by atomic mass is 32.2. The Morgan fingerprint density at radius 3 is 2.48 bits per heavy atom. The van der Waals surface area contributed by atoms with E-state index in [0.29, 0.717) is 11.2 Å². The van der Waals surface area contributed by atoms with Crippen LogP contribution in [0.2, 0.25) is 0 Å². The molecule has 0 aromatic carbocycles. The van der Waals surface area contributed by atoms with Gasteiger partial charge in [0, 0.05) is 34.6 Å². The van der Waals surface area contributed by atoms with Gasteiger partial charge in [0.2, 0.25) is 0 Å². The lowest BCUT2D eigenvalue weighted by Gasteiger charge is -2.17. The number of hydrogen-bond donors (Lipinski definition) is 0. The Bertz CT molecular complexity index is 364. The third kappa shape index (κ3) is 11.9. The zero-order valence-corrected chi connectivity index (χ0v) is 17.4. The first-order valence-electron chi connectivity index (χ1n) is 9.00. The molecule has 0 aromatic rings. The van der Waals surface area contributed by atoms with Crippen LogP contribution in [0.1, 0.15) is 66.7 Å². The standard InChI is InChI=1S/C19H36N2S2/c1-7-10-12-22-14-16(4)19(15-23-17(5)9-3)21-18(11-8-2)13-20-6/h13,16-17H,6-12,14-15H2,1-5H3/b18-13-,21-19?. The molecule has 0 aliphatic carbocycles. The quantitative estimate of drug-likeness (QED) is 0.263. The van der Waals surface area contributed by atoms with E-state index < -0.39 is 0 Å². The Morgan fingerprint density at radius 1 is 1.17 bits per heavy atom. The molecule has 2 atom stereocenters. The number of unbranched alkanes of at least 4 members (excludes halogenated alkanes) is 1. The van der Waals surface area contributed by atoms with Gasteiger partial charge in [0.15, 0.2) is 0 Å². The molecule has 0 aliphatic heterocycles. The minimum Gasteiger partial charge on any atom is -0.271 e. The fourth-order valence-electron chi connectivity index (χ4n) is 1.93. The monoisotopic (exact) mass is 356 g/mol. The molecule has 0 amide bonds. The Morgan fingerprint density at radius 2 is 1.91 bits per heavy atom. The molecule has 0 heterocycles. The van der Waals surface area contributed by atoms with Crippen molar-refractivity contribution in [3.63, 3.8) is 0 Å². The number of rotatable bonds is 14. The number of thioether (sulfide) groups is 2. The first-order chi connectivity index (χ1) is 11.1. The van der Waals surface area contributed by atoms with Gasteiger partial charge in [0.05, 0.1) is 5.70 Å². The summed E-state index contributed by atoms with van der Waals surface area (Å²) in [6.45, 7) is 14.9. The number of hydrogen-bond acceptors (Lipinski definition) is 4. The van der Waals surface area contributed by atoms with Gasteiger partial charge in [-0.15, -0.1) is 0 Å². The molecular weight excluding hydrogens is 320 g/mol. The zero-order chi connectivity index (χ0) is 17.5. The summed E-state index contributed by atoms with van der Waals surface area (Å²) in [6, 6.07) is 0. The summed E-state index contributed by atoms with van der Waals surface area (Å²) < 4.78 is 0. The molecule has 0 bridgehead atoms. The van der Waals surface area contributed by atoms with E-state index in [0.717, 1.165) is 24.3 Å². The number of nitrogens with zero attached hydrogens (tertiary/aromatic N) is 2. The van der Waals surface area contributed by atoms with E-state index in [4.69, 9.17) is 4.99 Å². The molecule has 23 heavy (non-hydrogen) atoms. The van der Waals surface area contributed by atoms with Crippen molar-refractivity contribution in [1.29, 1.82) is 0 Å². The van der Waals surface area contributed by atoms with Crippen molar-refractivity contribution < 1.29 is 0 Å². The van der Waals surface area contributed by atoms with Crippen molar-refractivity contribution in [3.05, 3.63) is 11.9 Å². The van der Waals surface area contributed by atoms with Gasteiger partial charge in [-0.3, -0.25) is 9.98 Å². The molecule has 0 aliphatic rings. The maximum absolute atomic E-state index is 4.97. The molecule has 0 saturated carbocycles. The van der Waals surface area contributed by atoms with E-state index in [2.05, 4.69) is 58.1 Å². The van der Waals surface area contributed by atoms with E-state index >= 15 is 0 Å². The van der Waals surface area contributed by atoms with Crippen LogP contribution in [0.15, 0.2) is 21.9 Å². The molecule has 0 spiro atoms. The summed E-state index contributed by atoms with van der Waals surface area (Å²) in [4.78, 5) is 8.90. The lowest BCUT2D eigenvalue weighted by atomic mass is 10.1. The van der Waals surface area contributed by atoms with Crippen LogP contribution in [0.4, 0.5) is 0 Å². The van der Waals surface area contributed by atoms with Crippen LogP contribution in [0.25, 0.3) is 0 Å². The molecule has 0 fully saturated rings. The fourth-order valence-corrected chi connectivity index (χ4v) is 4.17. The second kappa shape index (κ2) is 15.3. The Balaban J connectivity index is 4.89. The molecule has 0 rings (SSSR count). The lowest BCUT2D eigenvalue weighted by molar-refractivity contribution is 0.853. The highest BCUT2D eigenvalue weighted by Gasteiger charge is 2.13. The van der Waals surface area contributed by atoms with Crippen molar-refractivity contribution in [2.75, 3.05) is 17.3 Å². The van der Waals surface area contributed by atoms with E-state index in [1.54, 1.807) is 0 Å². The van der Waals surface area contributed by atoms with Crippen LogP contribution in [0.5, 0.6) is 0 Å². The van der Waals surface area contributed by atoms with Crippen LogP contribution in [0, 0.1) is 5.92 Å². The van der Waals surface area contributed by atoms with Gasteiger partial charge in [-0.2, -0.15) is 23.5 Å². The normalized spacial score (nSPS) is 15.5. The third-order valence-corrected chi connectivity index (χ3v) is 6.38. The topological polar surface area (TPSA) is 24.7 Å². The smallest absolute Gasteiger partial charge is 0.0585 e. The lowest BCUT2D eigenvalue weighted by Crippen LogP contribution is -2.18. The highest BCUT2D eigenvalue weighted by Crippen LogP contribution is 2.21. The average Bonchev–Trinajstić information content (AvgIpc) is 2.55. The van der Waals surface area contributed by atoms with Crippen molar-refractivity contribution in [2.45, 2.75) is 72.0 Å². The SMILES string of the molecule is C=N/C=C(/CCC)N=C(CSC(C)CC)C(C)CSCCCC. The minimum absolute atomic E-state index is 0.526. The van der Waals surface area contributed by atoms with Gasteiger partial charge in [-0.05, 0) is 31.7 Å². The van der Waals surface area contributed by atoms with Gasteiger partial charge < -0.3 is 0 Å². The largest absolute Gasteiger partial charge is 0.271 e. The molecule has 0 saturated heterocycles. The van der Waals surface area contributed by atoms with Crippen molar-refractivity contribution >= 4 is 36.0 Å². The third-order valence-electron chi connectivity index (χ3n) is 3.70. The Kier molecular flexibility index (Phi) is 15.2. The van der Waals surface area contributed by atoms with Gasteiger partial charge in [-0.1, -0.05) is 47.5 Å². The second-order valence-corrected chi connectivity index (χ2v) is 8.59. The fraction of sp³-hybridized carbons (Fsp3) is 0.789. The van der Waals surface area contributed by atoms with Crippen molar-refractivity contribution in [2.24, 2.45) is 15.9 Å². The summed E-state index contributed by atoms with van der Waals surface area (Å²) in [5, 5.41) is 0.691. The predicted molar refractivity (Wildman–Crippen MR) is 114 cm³/mol. The van der Waals surface area contributed by atoms with Crippen molar-refractivity contribution in [1.82, 2.24) is 0 Å². The van der Waals surface area contributed by atoms with Crippen LogP contribution in [0.3, 0.4) is 0 Å². The van der Waals surface area contributed by atoms with Crippen LogP contribution in [-0.4, -0.2) is 34.9 Å². The molecule has 0 N–H and O–H groups in total. The molecule has 0 aromatic heterocycles. The van der Waals surface area contributed by atoms with Crippen LogP contribution < -0.4 is 0 Å². The average molecular weight is 357 g/mol. The second-order valence-electron chi connectivity index (χ2n) is 6.02. The summed E-state index contributed by atoms with van der Waals surface area (Å²) in [7, 11) is 0. The first-order valence-corrected chi connectivity index (χ1v) is 11.2. The van der Waals surface area contributed by atoms with E-state index in [1.807, 2.05) is 18.0 Å². The summed E-state index contributed by atoms with van der Waals surface area (Å²) in [5.41, 5.74) is 2.40. The van der Waals surface area contributed by atoms with Crippen LogP contribution >= 0.6 is 23.5 Å². The molecule has 0 radical (unpaired) electrons. The van der Waals surface area contributed by atoms with E-state index in [1.165, 1.54) is 36.5 Å². The zero-order valence-electron chi connectivity index (χ0n) is 15.8. The maximum atomic E-state index is 4.97. The van der Waals surface area contributed by atoms with E-state index in [-0.39, 0.29) is 0 Å². The molecular formula is C19H36N2S2. The minimum atomic E-state index is 0.526. The number of allylic oxidation sites excluding steroid dienone is 1.